The number of hydrogen-bond donors (Lipinski definition) is 1. The molecule has 1 aromatic rings. The molecule has 0 radical (unpaired) electrons. The molecule has 0 bridgehead atoms. The maximum atomic E-state index is 9.13. The van der Waals surface area contributed by atoms with Gasteiger partial charge in [0.15, 0.2) is 0 Å². The first-order chi connectivity index (χ1) is 7.67. The molecule has 1 aromatic heterocycles. The van der Waals surface area contributed by atoms with Gasteiger partial charge in [-0.1, -0.05) is 0 Å². The molecule has 1 fully saturated rings. The Kier molecular flexibility index (Phi) is 3.58. The van der Waals surface area contributed by atoms with E-state index >= 15 is 0 Å². The zero-order chi connectivity index (χ0) is 11.5. The highest BCUT2D eigenvalue weighted by atomic mass is 16.5. The summed E-state index contributed by atoms with van der Waals surface area (Å²) in [5, 5.41) is 13.5. The van der Waals surface area contributed by atoms with Crippen molar-refractivity contribution in [3.05, 3.63) is 18.0 Å². The first-order valence-corrected chi connectivity index (χ1v) is 5.64. The van der Waals surface area contributed by atoms with Gasteiger partial charge in [-0.25, -0.2) is 0 Å². The molecule has 2 heterocycles. The molecule has 90 valence electrons. The summed E-state index contributed by atoms with van der Waals surface area (Å²) in [5.41, 5.74) is 1.06. The van der Waals surface area contributed by atoms with Crippen LogP contribution in [-0.4, -0.2) is 51.7 Å². The van der Waals surface area contributed by atoms with Gasteiger partial charge < -0.3 is 9.84 Å². The Balaban J connectivity index is 1.93. The predicted molar refractivity (Wildman–Crippen MR) is 59.9 cm³/mol. The highest BCUT2D eigenvalue weighted by Crippen LogP contribution is 2.13. The molecule has 16 heavy (non-hydrogen) atoms. The van der Waals surface area contributed by atoms with E-state index in [4.69, 9.17) is 9.84 Å². The third-order valence-electron chi connectivity index (χ3n) is 2.76. The molecule has 0 aliphatic carbocycles. The van der Waals surface area contributed by atoms with E-state index < -0.39 is 0 Å². The molecule has 1 aliphatic heterocycles. The van der Waals surface area contributed by atoms with Gasteiger partial charge in [0.25, 0.3) is 0 Å². The minimum atomic E-state index is -0.0625. The van der Waals surface area contributed by atoms with E-state index in [2.05, 4.69) is 10.00 Å². The molecule has 5 nitrogen and oxygen atoms in total. The van der Waals surface area contributed by atoms with Gasteiger partial charge >= 0.3 is 0 Å². The van der Waals surface area contributed by atoms with E-state index in [0.717, 1.165) is 25.3 Å². The summed E-state index contributed by atoms with van der Waals surface area (Å²) in [6.07, 6.45) is 2.06. The van der Waals surface area contributed by atoms with Crippen molar-refractivity contribution in [1.29, 1.82) is 0 Å². The number of aliphatic hydroxyl groups is 1. The summed E-state index contributed by atoms with van der Waals surface area (Å²) in [6, 6.07) is 2.02. The third kappa shape index (κ3) is 2.81. The molecule has 1 N–H and O–H groups in total. The summed E-state index contributed by atoms with van der Waals surface area (Å²) < 4.78 is 7.40. The Morgan fingerprint density at radius 3 is 3.00 bits per heavy atom. The van der Waals surface area contributed by atoms with Crippen molar-refractivity contribution in [1.82, 2.24) is 14.7 Å². The fourth-order valence-corrected chi connectivity index (χ4v) is 2.15. The predicted octanol–water partition coefficient (Wildman–Crippen LogP) is 0.00170. The van der Waals surface area contributed by atoms with Crippen molar-refractivity contribution in [2.24, 2.45) is 7.05 Å². The second-order valence-corrected chi connectivity index (χ2v) is 4.43. The van der Waals surface area contributed by atoms with Crippen LogP contribution in [0.15, 0.2) is 12.3 Å². The average molecular weight is 225 g/mol. The maximum absolute atomic E-state index is 9.13. The molecule has 0 aromatic carbocycles. The summed E-state index contributed by atoms with van der Waals surface area (Å²) >= 11 is 0. The Morgan fingerprint density at radius 1 is 1.56 bits per heavy atom. The molecule has 0 amide bonds. The topological polar surface area (TPSA) is 50.5 Å². The number of morpholine rings is 1. The lowest BCUT2D eigenvalue weighted by Gasteiger charge is -2.35. The van der Waals surface area contributed by atoms with Crippen LogP contribution >= 0.6 is 0 Å². The molecular formula is C11H19N3O2. The zero-order valence-corrected chi connectivity index (χ0v) is 9.83. The van der Waals surface area contributed by atoms with Gasteiger partial charge in [-0.3, -0.25) is 9.58 Å². The van der Waals surface area contributed by atoms with Gasteiger partial charge in [0.2, 0.25) is 0 Å². The van der Waals surface area contributed by atoms with Gasteiger partial charge in [-0.2, -0.15) is 5.10 Å². The Morgan fingerprint density at radius 2 is 2.38 bits per heavy atom. The van der Waals surface area contributed by atoms with Gasteiger partial charge in [0, 0.05) is 32.9 Å². The second-order valence-electron chi connectivity index (χ2n) is 4.43. The molecule has 0 spiro atoms. The lowest BCUT2D eigenvalue weighted by atomic mass is 10.2. The second kappa shape index (κ2) is 4.95. The van der Waals surface area contributed by atoms with Gasteiger partial charge in [0.05, 0.1) is 24.5 Å². The van der Waals surface area contributed by atoms with Crippen molar-refractivity contribution in [2.75, 3.05) is 19.7 Å². The number of ether oxygens (including phenoxy) is 1. The normalized spacial score (nSPS) is 27.2. The van der Waals surface area contributed by atoms with Crippen LogP contribution in [0.2, 0.25) is 0 Å². The van der Waals surface area contributed by atoms with Crippen LogP contribution in [0.25, 0.3) is 0 Å². The first kappa shape index (κ1) is 11.6. The summed E-state index contributed by atoms with van der Waals surface area (Å²) in [4.78, 5) is 2.28. The lowest BCUT2D eigenvalue weighted by molar-refractivity contribution is -0.0975. The van der Waals surface area contributed by atoms with Crippen molar-refractivity contribution in [2.45, 2.75) is 25.7 Å². The van der Waals surface area contributed by atoms with E-state index in [1.54, 1.807) is 0 Å². The van der Waals surface area contributed by atoms with Crippen molar-refractivity contribution >= 4 is 0 Å². The number of rotatable bonds is 3. The van der Waals surface area contributed by atoms with E-state index in [1.807, 2.05) is 30.9 Å². The SMILES string of the molecule is CC1CN(Cc2ccn(C)n2)CC(CO)O1. The standard InChI is InChI=1S/C11H19N3O2/c1-9-5-14(7-11(8-15)16-9)6-10-3-4-13(2)12-10/h3-4,9,11,15H,5-8H2,1-2H3. The van der Waals surface area contributed by atoms with E-state index in [-0.39, 0.29) is 18.8 Å². The molecule has 1 aliphatic rings. The Labute approximate surface area is 95.6 Å². The number of aromatic nitrogens is 2. The van der Waals surface area contributed by atoms with Crippen LogP contribution in [0.3, 0.4) is 0 Å². The zero-order valence-electron chi connectivity index (χ0n) is 9.83. The van der Waals surface area contributed by atoms with Crippen LogP contribution in [0.4, 0.5) is 0 Å². The molecule has 0 saturated carbocycles. The number of nitrogens with zero attached hydrogens (tertiary/aromatic N) is 3. The third-order valence-corrected chi connectivity index (χ3v) is 2.76. The van der Waals surface area contributed by atoms with E-state index in [9.17, 15) is 0 Å². The average Bonchev–Trinajstić information content (AvgIpc) is 2.63. The minimum Gasteiger partial charge on any atom is -0.394 e. The van der Waals surface area contributed by atoms with Gasteiger partial charge in [-0.15, -0.1) is 0 Å². The highest BCUT2D eigenvalue weighted by molar-refractivity contribution is 4.99. The molecule has 2 unspecified atom stereocenters. The summed E-state index contributed by atoms with van der Waals surface area (Å²) in [6.45, 7) is 4.62. The van der Waals surface area contributed by atoms with E-state index in [0.29, 0.717) is 0 Å². The van der Waals surface area contributed by atoms with Crippen LogP contribution in [0.5, 0.6) is 0 Å². The largest absolute Gasteiger partial charge is 0.394 e. The fourth-order valence-electron chi connectivity index (χ4n) is 2.15. The van der Waals surface area contributed by atoms with Crippen molar-refractivity contribution in [3.8, 4) is 0 Å². The fraction of sp³-hybridized carbons (Fsp3) is 0.727. The molecule has 2 atom stereocenters. The number of aliphatic hydroxyl groups excluding tert-OH is 1. The van der Waals surface area contributed by atoms with Crippen molar-refractivity contribution in [3.63, 3.8) is 0 Å². The monoisotopic (exact) mass is 225 g/mol. The lowest BCUT2D eigenvalue weighted by Crippen LogP contribution is -2.47. The minimum absolute atomic E-state index is 0.0625. The van der Waals surface area contributed by atoms with Gasteiger partial charge in [0.1, 0.15) is 0 Å². The number of hydrogen-bond acceptors (Lipinski definition) is 4. The first-order valence-electron chi connectivity index (χ1n) is 5.64. The maximum Gasteiger partial charge on any atom is 0.0936 e. The van der Waals surface area contributed by atoms with Gasteiger partial charge in [-0.05, 0) is 13.0 Å². The molecule has 1 saturated heterocycles. The smallest absolute Gasteiger partial charge is 0.0936 e. The Bertz CT molecular complexity index is 340. The summed E-state index contributed by atoms with van der Waals surface area (Å²) in [7, 11) is 1.92. The van der Waals surface area contributed by atoms with Crippen molar-refractivity contribution < 1.29 is 9.84 Å². The van der Waals surface area contributed by atoms with E-state index in [1.165, 1.54) is 0 Å². The summed E-state index contributed by atoms with van der Waals surface area (Å²) in [5.74, 6) is 0. The van der Waals surface area contributed by atoms with Crippen LogP contribution in [0, 0.1) is 0 Å². The quantitative estimate of drug-likeness (QED) is 0.787. The molecule has 2 rings (SSSR count). The Hall–Kier alpha value is -0.910. The van der Waals surface area contributed by atoms with Crippen LogP contribution in [-0.2, 0) is 18.3 Å². The van der Waals surface area contributed by atoms with Crippen LogP contribution < -0.4 is 0 Å². The van der Waals surface area contributed by atoms with Crippen LogP contribution in [0.1, 0.15) is 12.6 Å². The molecular weight excluding hydrogens is 206 g/mol. The number of aryl methyl sites for hydroxylation is 1. The molecule has 5 heteroatoms. The highest BCUT2D eigenvalue weighted by Gasteiger charge is 2.24.